The van der Waals surface area contributed by atoms with Gasteiger partial charge in [-0.15, -0.1) is 12.4 Å². The SMILES string of the molecule is Cc1ccc(CNCCSC(C)(C)C)o1.Cl. The molecule has 0 bridgehead atoms. The Balaban J connectivity index is 0.00000225. The van der Waals surface area contributed by atoms with Gasteiger partial charge in [-0.3, -0.25) is 0 Å². The molecule has 1 rings (SSSR count). The maximum Gasteiger partial charge on any atom is 0.117 e. The van der Waals surface area contributed by atoms with Crippen molar-refractivity contribution in [3.63, 3.8) is 0 Å². The Hall–Kier alpha value is -0.120. The summed E-state index contributed by atoms with van der Waals surface area (Å²) in [6.45, 7) is 10.6. The quantitative estimate of drug-likeness (QED) is 0.822. The highest BCUT2D eigenvalue weighted by Crippen LogP contribution is 2.22. The molecule has 0 aromatic carbocycles. The van der Waals surface area contributed by atoms with E-state index in [1.807, 2.05) is 30.8 Å². The van der Waals surface area contributed by atoms with Crippen LogP contribution >= 0.6 is 24.2 Å². The van der Waals surface area contributed by atoms with Crippen LogP contribution in [0.2, 0.25) is 0 Å². The molecule has 0 unspecified atom stereocenters. The van der Waals surface area contributed by atoms with Gasteiger partial charge in [0.25, 0.3) is 0 Å². The maximum atomic E-state index is 5.46. The first-order valence-corrected chi connectivity index (χ1v) is 6.36. The molecule has 0 aliphatic rings. The number of hydrogen-bond acceptors (Lipinski definition) is 3. The molecule has 0 fully saturated rings. The molecule has 0 radical (unpaired) electrons. The van der Waals surface area contributed by atoms with Crippen molar-refractivity contribution in [1.82, 2.24) is 5.32 Å². The first kappa shape index (κ1) is 15.9. The van der Waals surface area contributed by atoms with Gasteiger partial charge in [-0.2, -0.15) is 11.8 Å². The van der Waals surface area contributed by atoms with Gasteiger partial charge >= 0.3 is 0 Å². The fraction of sp³-hybridized carbons (Fsp3) is 0.667. The Kier molecular flexibility index (Phi) is 7.20. The van der Waals surface area contributed by atoms with E-state index >= 15 is 0 Å². The van der Waals surface area contributed by atoms with Gasteiger partial charge in [0.15, 0.2) is 0 Å². The molecule has 0 amide bonds. The van der Waals surface area contributed by atoms with Gasteiger partial charge in [-0.05, 0) is 19.1 Å². The van der Waals surface area contributed by atoms with E-state index in [1.54, 1.807) is 0 Å². The second-order valence-corrected chi connectivity index (χ2v) is 6.57. The summed E-state index contributed by atoms with van der Waals surface area (Å²) in [6, 6.07) is 4.03. The summed E-state index contributed by atoms with van der Waals surface area (Å²) in [6.07, 6.45) is 0. The van der Waals surface area contributed by atoms with E-state index in [-0.39, 0.29) is 12.4 Å². The van der Waals surface area contributed by atoms with Crippen LogP contribution in [0.5, 0.6) is 0 Å². The second-order valence-electron chi connectivity index (χ2n) is 4.65. The third-order valence-corrected chi connectivity index (χ3v) is 3.18. The van der Waals surface area contributed by atoms with Crippen LogP contribution < -0.4 is 5.32 Å². The van der Waals surface area contributed by atoms with Gasteiger partial charge < -0.3 is 9.73 Å². The molecule has 94 valence electrons. The van der Waals surface area contributed by atoms with Crippen LogP contribution in [0.1, 0.15) is 32.3 Å². The third-order valence-electron chi connectivity index (χ3n) is 1.91. The molecule has 0 aliphatic heterocycles. The molecule has 1 aromatic heterocycles. The normalized spacial score (nSPS) is 11.2. The van der Waals surface area contributed by atoms with E-state index < -0.39 is 0 Å². The van der Waals surface area contributed by atoms with Crippen molar-refractivity contribution in [1.29, 1.82) is 0 Å². The summed E-state index contributed by atoms with van der Waals surface area (Å²) in [5.41, 5.74) is 0. The fourth-order valence-corrected chi connectivity index (χ4v) is 2.08. The molecule has 0 aliphatic carbocycles. The lowest BCUT2D eigenvalue weighted by Gasteiger charge is -2.17. The molecule has 1 heterocycles. The van der Waals surface area contributed by atoms with Crippen molar-refractivity contribution in [2.75, 3.05) is 12.3 Å². The van der Waals surface area contributed by atoms with Crippen LogP contribution in [0.4, 0.5) is 0 Å². The van der Waals surface area contributed by atoms with Gasteiger partial charge in [0, 0.05) is 17.0 Å². The highest BCUT2D eigenvalue weighted by molar-refractivity contribution is 8.00. The second kappa shape index (κ2) is 7.25. The Labute approximate surface area is 109 Å². The lowest BCUT2D eigenvalue weighted by molar-refractivity contribution is 0.466. The molecule has 1 N–H and O–H groups in total. The summed E-state index contributed by atoms with van der Waals surface area (Å²) < 4.78 is 5.83. The van der Waals surface area contributed by atoms with Crippen LogP contribution in [0.3, 0.4) is 0 Å². The molecular weight excluding hydrogens is 242 g/mol. The Bertz CT molecular complexity index is 293. The molecule has 16 heavy (non-hydrogen) atoms. The average molecular weight is 264 g/mol. The minimum absolute atomic E-state index is 0. The molecule has 0 spiro atoms. The summed E-state index contributed by atoms with van der Waals surface area (Å²) in [4.78, 5) is 0. The van der Waals surface area contributed by atoms with Crippen LogP contribution in [0.15, 0.2) is 16.5 Å². The monoisotopic (exact) mass is 263 g/mol. The molecule has 1 aromatic rings. The summed E-state index contributed by atoms with van der Waals surface area (Å²) in [5, 5.41) is 3.37. The van der Waals surface area contributed by atoms with Crippen molar-refractivity contribution in [3.05, 3.63) is 23.7 Å². The molecule has 0 atom stereocenters. The molecule has 0 saturated carbocycles. The number of halogens is 1. The van der Waals surface area contributed by atoms with E-state index in [1.165, 1.54) is 0 Å². The first-order valence-electron chi connectivity index (χ1n) is 5.37. The standard InChI is InChI=1S/C12H21NOS.ClH/c1-10-5-6-11(14-10)9-13-7-8-15-12(2,3)4;/h5-6,13H,7-9H2,1-4H3;1H. The van der Waals surface area contributed by atoms with Crippen LogP contribution in [0, 0.1) is 6.92 Å². The summed E-state index contributed by atoms with van der Waals surface area (Å²) in [5.74, 6) is 3.15. The Morgan fingerprint density at radius 1 is 1.31 bits per heavy atom. The minimum atomic E-state index is 0. The smallest absolute Gasteiger partial charge is 0.117 e. The van der Waals surface area contributed by atoms with Gasteiger partial charge in [-0.25, -0.2) is 0 Å². The zero-order chi connectivity index (χ0) is 11.3. The maximum absolute atomic E-state index is 5.46. The molecule has 2 nitrogen and oxygen atoms in total. The highest BCUT2D eigenvalue weighted by atomic mass is 35.5. The van der Waals surface area contributed by atoms with Crippen LogP contribution in [-0.2, 0) is 6.54 Å². The van der Waals surface area contributed by atoms with Crippen LogP contribution in [-0.4, -0.2) is 17.0 Å². The van der Waals surface area contributed by atoms with Gasteiger partial charge in [-0.1, -0.05) is 20.8 Å². The van der Waals surface area contributed by atoms with Crippen LogP contribution in [0.25, 0.3) is 0 Å². The lowest BCUT2D eigenvalue weighted by Crippen LogP contribution is -2.19. The molecule has 0 saturated heterocycles. The van der Waals surface area contributed by atoms with E-state index in [0.29, 0.717) is 4.75 Å². The third kappa shape index (κ3) is 7.20. The topological polar surface area (TPSA) is 25.2 Å². The van der Waals surface area contributed by atoms with Gasteiger partial charge in [0.2, 0.25) is 0 Å². The summed E-state index contributed by atoms with van der Waals surface area (Å²) >= 11 is 1.98. The molecular formula is C12H22ClNOS. The number of aryl methyl sites for hydroxylation is 1. The Morgan fingerprint density at radius 2 is 2.00 bits per heavy atom. The number of nitrogens with one attached hydrogen (secondary N) is 1. The zero-order valence-electron chi connectivity index (χ0n) is 10.5. The first-order chi connectivity index (χ1) is 6.97. The predicted molar refractivity (Wildman–Crippen MR) is 74.6 cm³/mol. The van der Waals surface area contributed by atoms with Crippen molar-refractivity contribution in [2.24, 2.45) is 0 Å². The van der Waals surface area contributed by atoms with Crippen molar-refractivity contribution in [3.8, 4) is 0 Å². The largest absolute Gasteiger partial charge is 0.465 e. The number of hydrogen-bond donors (Lipinski definition) is 1. The van der Waals surface area contributed by atoms with E-state index in [9.17, 15) is 0 Å². The van der Waals surface area contributed by atoms with Gasteiger partial charge in [0.05, 0.1) is 6.54 Å². The Morgan fingerprint density at radius 3 is 2.50 bits per heavy atom. The number of furan rings is 1. The fourth-order valence-electron chi connectivity index (χ4n) is 1.22. The number of rotatable bonds is 5. The van der Waals surface area contributed by atoms with E-state index in [2.05, 4.69) is 26.1 Å². The number of thioether (sulfide) groups is 1. The van der Waals surface area contributed by atoms with Gasteiger partial charge in [0.1, 0.15) is 11.5 Å². The van der Waals surface area contributed by atoms with Crippen molar-refractivity contribution in [2.45, 2.75) is 39.0 Å². The highest BCUT2D eigenvalue weighted by Gasteiger charge is 2.09. The molecule has 4 heteroatoms. The summed E-state index contributed by atoms with van der Waals surface area (Å²) in [7, 11) is 0. The van der Waals surface area contributed by atoms with E-state index in [0.717, 1.165) is 30.4 Å². The lowest BCUT2D eigenvalue weighted by atomic mass is 10.3. The average Bonchev–Trinajstić information content (AvgIpc) is 2.49. The van der Waals surface area contributed by atoms with Crippen molar-refractivity contribution < 1.29 is 4.42 Å². The van der Waals surface area contributed by atoms with Crippen molar-refractivity contribution >= 4 is 24.2 Å². The van der Waals surface area contributed by atoms with E-state index in [4.69, 9.17) is 4.42 Å². The minimum Gasteiger partial charge on any atom is -0.465 e. The zero-order valence-corrected chi connectivity index (χ0v) is 12.1. The predicted octanol–water partition coefficient (Wildman–Crippen LogP) is 3.63.